The topological polar surface area (TPSA) is 59.6 Å². The van der Waals surface area contributed by atoms with Crippen molar-refractivity contribution in [3.05, 3.63) is 76.0 Å². The molecule has 2 N–H and O–H groups in total. The molecular weight excluding hydrogens is 493 g/mol. The fourth-order valence-electron chi connectivity index (χ4n) is 5.62. The van der Waals surface area contributed by atoms with E-state index in [1.807, 2.05) is 18.3 Å². The Morgan fingerprint density at radius 3 is 2.53 bits per heavy atom. The number of halogens is 2. The Hall–Kier alpha value is -2.47. The Morgan fingerprint density at radius 2 is 1.78 bits per heavy atom. The van der Waals surface area contributed by atoms with Gasteiger partial charge in [-0.3, -0.25) is 4.79 Å². The number of hydrogen-bond acceptors (Lipinski definition) is 4. The molecule has 0 radical (unpaired) electrons. The Bertz CT molecular complexity index is 1240. The van der Waals surface area contributed by atoms with Crippen LogP contribution in [0.3, 0.4) is 0 Å². The van der Waals surface area contributed by atoms with Gasteiger partial charge in [0.15, 0.2) is 5.78 Å². The molecule has 2 aliphatic rings. The lowest BCUT2D eigenvalue weighted by Crippen LogP contribution is -2.36. The predicted molar refractivity (Wildman–Crippen MR) is 147 cm³/mol. The van der Waals surface area contributed by atoms with E-state index in [4.69, 9.17) is 23.2 Å². The van der Waals surface area contributed by atoms with Crippen LogP contribution >= 0.6 is 23.2 Å². The van der Waals surface area contributed by atoms with Crippen LogP contribution in [0.15, 0.2) is 54.9 Å². The first kappa shape index (κ1) is 25.2. The molecule has 5 nitrogen and oxygen atoms in total. The van der Waals surface area contributed by atoms with Crippen LogP contribution in [0.4, 0.5) is 0 Å². The maximum Gasteiger partial charge on any atom is 0.187 e. The summed E-state index contributed by atoms with van der Waals surface area (Å²) < 4.78 is 0. The van der Waals surface area contributed by atoms with Crippen LogP contribution in [0.25, 0.3) is 10.9 Å². The number of phenolic OH excluding ortho intramolecular Hbond substituents is 1. The fourth-order valence-corrected chi connectivity index (χ4v) is 5.91. The number of benzene rings is 2. The van der Waals surface area contributed by atoms with Crippen LogP contribution in [0.1, 0.15) is 53.9 Å². The molecular formula is C29H33Cl2N3O2. The molecule has 2 aliphatic heterocycles. The van der Waals surface area contributed by atoms with Crippen LogP contribution < -0.4 is 0 Å². The monoisotopic (exact) mass is 525 g/mol. The van der Waals surface area contributed by atoms with E-state index in [1.165, 1.54) is 49.6 Å². The van der Waals surface area contributed by atoms with E-state index in [2.05, 4.69) is 21.0 Å². The van der Waals surface area contributed by atoms with Gasteiger partial charge in [0.1, 0.15) is 5.75 Å². The third kappa shape index (κ3) is 5.91. The lowest BCUT2D eigenvalue weighted by atomic mass is 9.88. The number of nitrogens with one attached hydrogen (secondary N) is 1. The summed E-state index contributed by atoms with van der Waals surface area (Å²) in [5, 5.41) is 11.8. The molecule has 0 atom stereocenters. The Labute approximate surface area is 222 Å². The molecule has 190 valence electrons. The molecule has 0 aliphatic carbocycles. The molecule has 3 heterocycles. The first-order valence-electron chi connectivity index (χ1n) is 12.9. The Balaban J connectivity index is 1.03. The highest BCUT2D eigenvalue weighted by molar-refractivity contribution is 6.42. The maximum absolute atomic E-state index is 12.4. The van der Waals surface area contributed by atoms with Crippen molar-refractivity contribution in [2.45, 2.75) is 38.0 Å². The average molecular weight is 527 g/mol. The van der Waals surface area contributed by atoms with E-state index in [-0.39, 0.29) is 5.78 Å². The van der Waals surface area contributed by atoms with E-state index >= 15 is 0 Å². The van der Waals surface area contributed by atoms with Gasteiger partial charge in [-0.1, -0.05) is 23.2 Å². The second-order valence-electron chi connectivity index (χ2n) is 10.2. The van der Waals surface area contributed by atoms with Gasteiger partial charge in [0.2, 0.25) is 0 Å². The van der Waals surface area contributed by atoms with Gasteiger partial charge in [-0.05, 0) is 99.5 Å². The highest BCUT2D eigenvalue weighted by atomic mass is 35.5. The first-order valence-corrected chi connectivity index (χ1v) is 13.7. The highest BCUT2D eigenvalue weighted by Gasteiger charge is 2.24. The summed E-state index contributed by atoms with van der Waals surface area (Å²) in [6.45, 7) is 5.45. The third-order valence-electron chi connectivity index (χ3n) is 7.87. The van der Waals surface area contributed by atoms with E-state index in [1.54, 1.807) is 30.3 Å². The molecule has 36 heavy (non-hydrogen) atoms. The first-order chi connectivity index (χ1) is 17.5. The quantitative estimate of drug-likeness (QED) is 0.261. The number of ketones is 1. The van der Waals surface area contributed by atoms with Gasteiger partial charge in [-0.2, -0.15) is 0 Å². The summed E-state index contributed by atoms with van der Waals surface area (Å²) >= 11 is 12.0. The van der Waals surface area contributed by atoms with E-state index in [0.717, 1.165) is 37.6 Å². The smallest absolute Gasteiger partial charge is 0.187 e. The minimum Gasteiger partial charge on any atom is -0.508 e. The highest BCUT2D eigenvalue weighted by Crippen LogP contribution is 2.34. The molecule has 7 heteroatoms. The summed E-state index contributed by atoms with van der Waals surface area (Å²) in [5.41, 5.74) is 2.97. The second-order valence-corrected chi connectivity index (χ2v) is 11.0. The predicted octanol–water partition coefficient (Wildman–Crippen LogP) is 6.86. The number of piperidine rings is 2. The number of nitrogens with zero attached hydrogens (tertiary/aromatic N) is 2. The van der Waals surface area contributed by atoms with Gasteiger partial charge in [-0.25, -0.2) is 0 Å². The third-order valence-corrected chi connectivity index (χ3v) is 8.61. The number of H-pyrrole nitrogens is 1. The summed E-state index contributed by atoms with van der Waals surface area (Å²) in [6, 6.07) is 10.6. The number of hydrogen-bond donors (Lipinski definition) is 2. The van der Waals surface area contributed by atoms with Crippen molar-refractivity contribution in [1.29, 1.82) is 0 Å². The van der Waals surface area contributed by atoms with Gasteiger partial charge in [0.05, 0.1) is 10.0 Å². The molecule has 3 aromatic rings. The summed E-state index contributed by atoms with van der Waals surface area (Å²) in [7, 11) is 0. The standard InChI is InChI=1S/C29H33Cl2N3O2/c30-26-4-1-22(17-27(26)31)29(36)10-16-33-11-5-20(6-12-33)7-13-34-14-8-21(9-15-34)25-19-32-28-18-23(35)2-3-24(25)28/h1-4,10,16-21,32,35H,5-9,11-15H2/b16-10+. The maximum atomic E-state index is 12.4. The molecule has 2 fully saturated rings. The average Bonchev–Trinajstić information content (AvgIpc) is 3.31. The molecule has 0 spiro atoms. The van der Waals surface area contributed by atoms with E-state index < -0.39 is 0 Å². The molecule has 0 bridgehead atoms. The lowest BCUT2D eigenvalue weighted by Gasteiger charge is -2.35. The molecule has 2 aromatic carbocycles. The van der Waals surface area contributed by atoms with Crippen molar-refractivity contribution in [3.63, 3.8) is 0 Å². The molecule has 2 saturated heterocycles. The minimum atomic E-state index is -0.0510. The second kappa shape index (κ2) is 11.3. The number of allylic oxidation sites excluding steroid dienone is 1. The van der Waals surface area contributed by atoms with Gasteiger partial charge in [0.25, 0.3) is 0 Å². The largest absolute Gasteiger partial charge is 0.508 e. The molecule has 0 amide bonds. The van der Waals surface area contributed by atoms with Crippen molar-refractivity contribution in [1.82, 2.24) is 14.8 Å². The molecule has 0 unspecified atom stereocenters. The normalized spacial score (nSPS) is 18.4. The fraction of sp³-hybridized carbons (Fsp3) is 0.414. The summed E-state index contributed by atoms with van der Waals surface area (Å²) in [4.78, 5) is 20.6. The zero-order valence-electron chi connectivity index (χ0n) is 20.4. The number of likely N-dealkylation sites (tertiary alicyclic amines) is 2. The van der Waals surface area contributed by atoms with Gasteiger partial charge < -0.3 is 19.9 Å². The zero-order chi connectivity index (χ0) is 25.1. The number of carbonyl (C=O) groups is 1. The molecule has 0 saturated carbocycles. The van der Waals surface area contributed by atoms with Crippen molar-refractivity contribution < 1.29 is 9.90 Å². The number of fused-ring (bicyclic) bond motifs is 1. The Morgan fingerprint density at radius 1 is 1.00 bits per heavy atom. The van der Waals surface area contributed by atoms with Gasteiger partial charge in [0, 0.05) is 54.1 Å². The number of aromatic nitrogens is 1. The van der Waals surface area contributed by atoms with Gasteiger partial charge in [-0.15, -0.1) is 0 Å². The van der Waals surface area contributed by atoms with Crippen LogP contribution in [0.5, 0.6) is 5.75 Å². The van der Waals surface area contributed by atoms with Crippen molar-refractivity contribution >= 4 is 39.9 Å². The van der Waals surface area contributed by atoms with E-state index in [9.17, 15) is 9.90 Å². The van der Waals surface area contributed by atoms with Crippen molar-refractivity contribution in [2.75, 3.05) is 32.7 Å². The van der Waals surface area contributed by atoms with Crippen molar-refractivity contribution in [2.24, 2.45) is 5.92 Å². The lowest BCUT2D eigenvalue weighted by molar-refractivity contribution is 0.104. The SMILES string of the molecule is O=C(/C=C/N1CCC(CCN2CCC(c3c[nH]c4cc(O)ccc34)CC2)CC1)c1ccc(Cl)c(Cl)c1. The number of rotatable bonds is 7. The summed E-state index contributed by atoms with van der Waals surface area (Å²) in [5.74, 6) is 1.59. The molecule has 1 aromatic heterocycles. The van der Waals surface area contributed by atoms with Crippen LogP contribution in [0, 0.1) is 5.92 Å². The van der Waals surface area contributed by atoms with Crippen LogP contribution in [-0.2, 0) is 0 Å². The number of aromatic hydroxyl groups is 1. The minimum absolute atomic E-state index is 0.0510. The summed E-state index contributed by atoms with van der Waals surface area (Å²) in [6.07, 6.45) is 11.7. The van der Waals surface area contributed by atoms with E-state index in [0.29, 0.717) is 27.3 Å². The van der Waals surface area contributed by atoms with Crippen molar-refractivity contribution in [3.8, 4) is 5.75 Å². The zero-order valence-corrected chi connectivity index (χ0v) is 21.9. The van der Waals surface area contributed by atoms with Crippen LogP contribution in [0.2, 0.25) is 10.0 Å². The number of aromatic amines is 1. The van der Waals surface area contributed by atoms with Crippen LogP contribution in [-0.4, -0.2) is 58.4 Å². The molecule has 5 rings (SSSR count). The number of carbonyl (C=O) groups excluding carboxylic acids is 1. The Kier molecular flexibility index (Phi) is 7.90. The number of phenols is 1. The van der Waals surface area contributed by atoms with Gasteiger partial charge >= 0.3 is 0 Å².